The second-order valence-corrected chi connectivity index (χ2v) is 5.43. The quantitative estimate of drug-likeness (QED) is 0.840. The maximum atomic E-state index is 12.2. The molecule has 0 bridgehead atoms. The predicted molar refractivity (Wildman–Crippen MR) is 91.2 cm³/mol. The minimum atomic E-state index is -0.0505. The number of hydrogen-bond donors (Lipinski definition) is 1. The number of nitrogens with zero attached hydrogens (tertiary/aromatic N) is 4. The fraction of sp³-hybridized carbons (Fsp3) is 0.353. The van der Waals surface area contributed by atoms with Crippen LogP contribution in [-0.2, 0) is 0 Å². The van der Waals surface area contributed by atoms with E-state index < -0.39 is 0 Å². The number of carbonyl (C=O) groups excluding carboxylic acids is 1. The average molecular weight is 327 g/mol. The van der Waals surface area contributed by atoms with E-state index in [0.717, 1.165) is 24.7 Å². The van der Waals surface area contributed by atoms with Crippen LogP contribution < -0.4 is 15.0 Å². The smallest absolute Gasteiger partial charge is 0.317 e. The largest absolute Gasteiger partial charge is 0.492 e. The van der Waals surface area contributed by atoms with Gasteiger partial charge in [-0.1, -0.05) is 18.2 Å². The lowest BCUT2D eigenvalue weighted by Gasteiger charge is -2.35. The van der Waals surface area contributed by atoms with E-state index in [9.17, 15) is 4.79 Å². The van der Waals surface area contributed by atoms with Crippen molar-refractivity contribution < 1.29 is 9.53 Å². The zero-order chi connectivity index (χ0) is 16.6. The van der Waals surface area contributed by atoms with Crippen molar-refractivity contribution in [2.75, 3.05) is 44.2 Å². The van der Waals surface area contributed by atoms with Gasteiger partial charge in [0.1, 0.15) is 18.2 Å². The molecule has 1 saturated heterocycles. The summed E-state index contributed by atoms with van der Waals surface area (Å²) in [5, 5.41) is 2.89. The van der Waals surface area contributed by atoms with Gasteiger partial charge in [0.2, 0.25) is 0 Å². The summed E-state index contributed by atoms with van der Waals surface area (Å²) in [5.74, 6) is 1.66. The first-order valence-corrected chi connectivity index (χ1v) is 8.04. The first-order valence-electron chi connectivity index (χ1n) is 8.04. The summed E-state index contributed by atoms with van der Waals surface area (Å²) in [7, 11) is 0. The van der Waals surface area contributed by atoms with Crippen LogP contribution in [0.4, 0.5) is 10.6 Å². The molecule has 0 radical (unpaired) electrons. The van der Waals surface area contributed by atoms with Crippen molar-refractivity contribution in [3.8, 4) is 5.75 Å². The number of hydrogen-bond acceptors (Lipinski definition) is 5. The summed E-state index contributed by atoms with van der Waals surface area (Å²) in [6.07, 6.45) is 5.09. The van der Waals surface area contributed by atoms with Crippen LogP contribution >= 0.6 is 0 Å². The van der Waals surface area contributed by atoms with Gasteiger partial charge < -0.3 is 19.9 Å². The Balaban J connectivity index is 1.36. The number of rotatable bonds is 5. The topological polar surface area (TPSA) is 70.6 Å². The van der Waals surface area contributed by atoms with E-state index in [1.165, 1.54) is 0 Å². The second-order valence-electron chi connectivity index (χ2n) is 5.43. The minimum Gasteiger partial charge on any atom is -0.492 e. The van der Waals surface area contributed by atoms with Gasteiger partial charge in [-0.05, 0) is 12.1 Å². The fourth-order valence-corrected chi connectivity index (χ4v) is 2.55. The summed E-state index contributed by atoms with van der Waals surface area (Å²) >= 11 is 0. The van der Waals surface area contributed by atoms with Crippen LogP contribution in [0.2, 0.25) is 0 Å². The molecule has 126 valence electrons. The molecule has 1 aliphatic heterocycles. The van der Waals surface area contributed by atoms with Crippen molar-refractivity contribution >= 4 is 11.8 Å². The Labute approximate surface area is 141 Å². The van der Waals surface area contributed by atoms with E-state index >= 15 is 0 Å². The van der Waals surface area contributed by atoms with E-state index in [1.54, 1.807) is 18.6 Å². The van der Waals surface area contributed by atoms with E-state index in [2.05, 4.69) is 20.2 Å². The molecule has 7 heteroatoms. The lowest BCUT2D eigenvalue weighted by atomic mass is 10.3. The maximum Gasteiger partial charge on any atom is 0.317 e. The van der Waals surface area contributed by atoms with Gasteiger partial charge in [-0.3, -0.25) is 4.98 Å². The number of amides is 2. The second kappa shape index (κ2) is 8.14. The third-order valence-electron chi connectivity index (χ3n) is 3.83. The summed E-state index contributed by atoms with van der Waals surface area (Å²) < 4.78 is 5.56. The molecule has 7 nitrogen and oxygen atoms in total. The van der Waals surface area contributed by atoms with E-state index in [4.69, 9.17) is 4.74 Å². The Morgan fingerprint density at radius 1 is 1.12 bits per heavy atom. The Morgan fingerprint density at radius 2 is 1.92 bits per heavy atom. The molecule has 2 amide bonds. The number of piperazine rings is 1. The van der Waals surface area contributed by atoms with Crippen LogP contribution in [0.1, 0.15) is 0 Å². The predicted octanol–water partition coefficient (Wildman–Crippen LogP) is 1.39. The molecule has 0 unspecified atom stereocenters. The molecule has 1 N–H and O–H groups in total. The monoisotopic (exact) mass is 327 g/mol. The van der Waals surface area contributed by atoms with Crippen molar-refractivity contribution in [1.82, 2.24) is 20.2 Å². The number of para-hydroxylation sites is 1. The third-order valence-corrected chi connectivity index (χ3v) is 3.83. The molecule has 0 atom stereocenters. The van der Waals surface area contributed by atoms with Crippen molar-refractivity contribution in [3.05, 3.63) is 48.9 Å². The number of anilines is 1. The first kappa shape index (κ1) is 16.0. The zero-order valence-corrected chi connectivity index (χ0v) is 13.5. The SMILES string of the molecule is O=C(NCCOc1ccccc1)N1CCN(c2cnccn2)CC1. The van der Waals surface area contributed by atoms with E-state index in [0.29, 0.717) is 26.2 Å². The first-order chi connectivity index (χ1) is 11.8. The Hall–Kier alpha value is -2.83. The molecule has 0 saturated carbocycles. The number of benzene rings is 1. The van der Waals surface area contributed by atoms with Crippen molar-refractivity contribution in [3.63, 3.8) is 0 Å². The Bertz CT molecular complexity index is 630. The number of carbonyl (C=O) groups is 1. The molecule has 1 aliphatic rings. The van der Waals surface area contributed by atoms with Crippen LogP contribution in [0.25, 0.3) is 0 Å². The molecule has 1 aromatic heterocycles. The van der Waals surface area contributed by atoms with Gasteiger partial charge >= 0.3 is 6.03 Å². The molecule has 24 heavy (non-hydrogen) atoms. The molecular weight excluding hydrogens is 306 g/mol. The summed E-state index contributed by atoms with van der Waals surface area (Å²) in [6.45, 7) is 3.79. The number of urea groups is 1. The Morgan fingerprint density at radius 3 is 2.62 bits per heavy atom. The molecule has 1 fully saturated rings. The van der Waals surface area contributed by atoms with Crippen molar-refractivity contribution in [2.45, 2.75) is 0 Å². The van der Waals surface area contributed by atoms with Crippen LogP contribution in [-0.4, -0.2) is 60.2 Å². The van der Waals surface area contributed by atoms with Gasteiger partial charge in [0.25, 0.3) is 0 Å². The zero-order valence-electron chi connectivity index (χ0n) is 13.5. The number of nitrogens with one attached hydrogen (secondary N) is 1. The third kappa shape index (κ3) is 4.34. The highest BCUT2D eigenvalue weighted by molar-refractivity contribution is 5.74. The average Bonchev–Trinajstić information content (AvgIpc) is 2.67. The lowest BCUT2D eigenvalue weighted by Crippen LogP contribution is -2.52. The summed E-state index contributed by atoms with van der Waals surface area (Å²) in [5.41, 5.74) is 0. The van der Waals surface area contributed by atoms with Gasteiger partial charge in [0, 0.05) is 38.6 Å². The van der Waals surface area contributed by atoms with Gasteiger partial charge in [0.15, 0.2) is 0 Å². The van der Waals surface area contributed by atoms with Crippen molar-refractivity contribution in [1.29, 1.82) is 0 Å². The van der Waals surface area contributed by atoms with Crippen LogP contribution in [0.3, 0.4) is 0 Å². The molecule has 1 aromatic carbocycles. The number of aromatic nitrogens is 2. The van der Waals surface area contributed by atoms with Crippen molar-refractivity contribution in [2.24, 2.45) is 0 Å². The van der Waals surface area contributed by atoms with E-state index in [1.807, 2.05) is 35.2 Å². The van der Waals surface area contributed by atoms with Crippen LogP contribution in [0.5, 0.6) is 5.75 Å². The van der Waals surface area contributed by atoms with Crippen LogP contribution in [0, 0.1) is 0 Å². The Kier molecular flexibility index (Phi) is 5.44. The summed E-state index contributed by atoms with van der Waals surface area (Å²) in [4.78, 5) is 24.5. The molecule has 2 aromatic rings. The highest BCUT2D eigenvalue weighted by Gasteiger charge is 2.21. The van der Waals surface area contributed by atoms with Gasteiger partial charge in [0.05, 0.1) is 12.7 Å². The van der Waals surface area contributed by atoms with E-state index in [-0.39, 0.29) is 6.03 Å². The number of ether oxygens (including phenoxy) is 1. The minimum absolute atomic E-state index is 0.0505. The molecule has 2 heterocycles. The standard InChI is InChI=1S/C17H21N5O2/c23-17(20-8-13-24-15-4-2-1-3-5-15)22-11-9-21(10-12-22)16-14-18-6-7-19-16/h1-7,14H,8-13H2,(H,20,23). The highest BCUT2D eigenvalue weighted by Crippen LogP contribution is 2.11. The molecule has 3 rings (SSSR count). The molecule has 0 aliphatic carbocycles. The lowest BCUT2D eigenvalue weighted by molar-refractivity contribution is 0.191. The van der Waals surface area contributed by atoms with Gasteiger partial charge in [-0.15, -0.1) is 0 Å². The normalized spacial score (nSPS) is 14.3. The fourth-order valence-electron chi connectivity index (χ4n) is 2.55. The van der Waals surface area contributed by atoms with Gasteiger partial charge in [-0.2, -0.15) is 0 Å². The summed E-state index contributed by atoms with van der Waals surface area (Å²) in [6, 6.07) is 9.52. The molecule has 0 spiro atoms. The van der Waals surface area contributed by atoms with Crippen LogP contribution in [0.15, 0.2) is 48.9 Å². The maximum absolute atomic E-state index is 12.2. The molecular formula is C17H21N5O2. The highest BCUT2D eigenvalue weighted by atomic mass is 16.5. The van der Waals surface area contributed by atoms with Gasteiger partial charge in [-0.25, -0.2) is 9.78 Å².